The highest BCUT2D eigenvalue weighted by atomic mass is 16.5. The zero-order chi connectivity index (χ0) is 20.9. The molecular weight excluding hydrogens is 380 g/mol. The Hall–Kier alpha value is -4.13. The minimum absolute atomic E-state index is 0.137. The first-order chi connectivity index (χ1) is 14.6. The molecule has 0 spiro atoms. The molecule has 0 saturated heterocycles. The zero-order valence-electron chi connectivity index (χ0n) is 16.3. The topological polar surface area (TPSA) is 99.6 Å². The number of benzene rings is 3. The number of hydrogen-bond acceptors (Lipinski definition) is 5. The van der Waals surface area contributed by atoms with Crippen LogP contribution in [0.25, 0.3) is 22.4 Å². The van der Waals surface area contributed by atoms with E-state index in [1.165, 1.54) is 0 Å². The molecule has 3 N–H and O–H groups in total. The standard InChI is InChI=1S/C23H20N4O3/c1-2-30-17-10-7-15(8-11-17)14-24-27-23(29)16-9-12-19-20(13-16)26-22(25-19)18-5-3-4-6-21(18)28/h3-14,28H,2H2,1H3,(H,25,26)(H,27,29)/b24-14+. The second-order valence-corrected chi connectivity index (χ2v) is 6.54. The minimum atomic E-state index is -0.335. The average Bonchev–Trinajstić information content (AvgIpc) is 3.18. The van der Waals surface area contributed by atoms with Crippen LogP contribution in [0.3, 0.4) is 0 Å². The van der Waals surface area contributed by atoms with Crippen molar-refractivity contribution in [2.75, 3.05) is 6.61 Å². The molecule has 0 atom stereocenters. The van der Waals surface area contributed by atoms with E-state index in [0.29, 0.717) is 34.6 Å². The van der Waals surface area contributed by atoms with Crippen molar-refractivity contribution in [3.8, 4) is 22.9 Å². The van der Waals surface area contributed by atoms with Crippen molar-refractivity contribution in [1.82, 2.24) is 15.4 Å². The van der Waals surface area contributed by atoms with E-state index < -0.39 is 0 Å². The number of aromatic nitrogens is 2. The lowest BCUT2D eigenvalue weighted by Gasteiger charge is -2.02. The quantitative estimate of drug-likeness (QED) is 0.335. The third-order valence-corrected chi connectivity index (χ3v) is 4.47. The number of hydrogen-bond donors (Lipinski definition) is 3. The van der Waals surface area contributed by atoms with Crippen molar-refractivity contribution in [2.24, 2.45) is 5.10 Å². The number of para-hydroxylation sites is 1. The first kappa shape index (κ1) is 19.2. The number of nitrogens with one attached hydrogen (secondary N) is 2. The molecule has 4 rings (SSSR count). The summed E-state index contributed by atoms with van der Waals surface area (Å²) >= 11 is 0. The van der Waals surface area contributed by atoms with Gasteiger partial charge in [0.15, 0.2) is 0 Å². The van der Waals surface area contributed by atoms with Crippen LogP contribution < -0.4 is 10.2 Å². The second kappa shape index (κ2) is 8.48. The average molecular weight is 400 g/mol. The monoisotopic (exact) mass is 400 g/mol. The fourth-order valence-electron chi connectivity index (χ4n) is 3.00. The van der Waals surface area contributed by atoms with Gasteiger partial charge in [-0.05, 0) is 67.1 Å². The van der Waals surface area contributed by atoms with Crippen molar-refractivity contribution in [1.29, 1.82) is 0 Å². The summed E-state index contributed by atoms with van der Waals surface area (Å²) in [6.07, 6.45) is 1.57. The van der Waals surface area contributed by atoms with Crippen molar-refractivity contribution >= 4 is 23.2 Å². The third-order valence-electron chi connectivity index (χ3n) is 4.47. The Morgan fingerprint density at radius 2 is 1.97 bits per heavy atom. The highest BCUT2D eigenvalue weighted by Crippen LogP contribution is 2.28. The number of carbonyl (C=O) groups excluding carboxylic acids is 1. The second-order valence-electron chi connectivity index (χ2n) is 6.54. The maximum Gasteiger partial charge on any atom is 0.271 e. The van der Waals surface area contributed by atoms with Crippen molar-refractivity contribution in [2.45, 2.75) is 6.92 Å². The van der Waals surface area contributed by atoms with Gasteiger partial charge in [-0.15, -0.1) is 0 Å². The van der Waals surface area contributed by atoms with Crippen molar-refractivity contribution < 1.29 is 14.6 Å². The Labute approximate surface area is 173 Å². The number of H-pyrrole nitrogens is 1. The molecule has 1 amide bonds. The first-order valence-corrected chi connectivity index (χ1v) is 9.48. The third kappa shape index (κ3) is 4.15. The number of carbonyl (C=O) groups is 1. The predicted molar refractivity (Wildman–Crippen MR) is 116 cm³/mol. The summed E-state index contributed by atoms with van der Waals surface area (Å²) in [5.41, 5.74) is 5.80. The van der Waals surface area contributed by atoms with Gasteiger partial charge in [-0.3, -0.25) is 4.79 Å². The van der Waals surface area contributed by atoms with Gasteiger partial charge in [-0.1, -0.05) is 12.1 Å². The lowest BCUT2D eigenvalue weighted by Crippen LogP contribution is -2.17. The van der Waals surface area contributed by atoms with Crippen LogP contribution >= 0.6 is 0 Å². The molecule has 7 heteroatoms. The highest BCUT2D eigenvalue weighted by molar-refractivity contribution is 5.98. The molecule has 150 valence electrons. The van der Waals surface area contributed by atoms with Gasteiger partial charge in [0.2, 0.25) is 0 Å². The Morgan fingerprint density at radius 3 is 2.73 bits per heavy atom. The number of fused-ring (bicyclic) bond motifs is 1. The Bertz CT molecular complexity index is 1210. The molecule has 1 aromatic heterocycles. The number of phenolic OH excluding ortho intramolecular Hbond substituents is 1. The maximum atomic E-state index is 12.4. The molecule has 7 nitrogen and oxygen atoms in total. The number of phenols is 1. The van der Waals surface area contributed by atoms with Crippen molar-refractivity contribution in [3.05, 3.63) is 77.9 Å². The van der Waals surface area contributed by atoms with Gasteiger partial charge in [-0.25, -0.2) is 10.4 Å². The van der Waals surface area contributed by atoms with E-state index >= 15 is 0 Å². The van der Waals surface area contributed by atoms with E-state index in [0.717, 1.165) is 11.3 Å². The van der Waals surface area contributed by atoms with Gasteiger partial charge in [0.05, 0.1) is 29.4 Å². The molecule has 0 unspecified atom stereocenters. The Kier molecular flexibility index (Phi) is 5.43. The van der Waals surface area contributed by atoms with Gasteiger partial charge in [-0.2, -0.15) is 5.10 Å². The van der Waals surface area contributed by atoms with Crippen LogP contribution in [0.2, 0.25) is 0 Å². The van der Waals surface area contributed by atoms with E-state index in [4.69, 9.17) is 4.74 Å². The number of ether oxygens (including phenoxy) is 1. The molecule has 1 heterocycles. The lowest BCUT2D eigenvalue weighted by atomic mass is 10.2. The van der Waals surface area contributed by atoms with Gasteiger partial charge < -0.3 is 14.8 Å². The molecule has 0 bridgehead atoms. The van der Waals surface area contributed by atoms with E-state index in [1.807, 2.05) is 37.3 Å². The van der Waals surface area contributed by atoms with Crippen LogP contribution in [0.5, 0.6) is 11.5 Å². The highest BCUT2D eigenvalue weighted by Gasteiger charge is 2.11. The fourth-order valence-corrected chi connectivity index (χ4v) is 3.00. The van der Waals surface area contributed by atoms with Crippen LogP contribution in [-0.2, 0) is 0 Å². The van der Waals surface area contributed by atoms with Crippen LogP contribution in [0.4, 0.5) is 0 Å². The van der Waals surface area contributed by atoms with E-state index in [2.05, 4.69) is 20.5 Å². The smallest absolute Gasteiger partial charge is 0.271 e. The minimum Gasteiger partial charge on any atom is -0.507 e. The molecule has 4 aromatic rings. The molecule has 0 aliphatic carbocycles. The normalized spacial score (nSPS) is 11.1. The number of aromatic amines is 1. The van der Waals surface area contributed by atoms with E-state index in [-0.39, 0.29) is 11.7 Å². The van der Waals surface area contributed by atoms with Gasteiger partial charge in [0.25, 0.3) is 5.91 Å². The van der Waals surface area contributed by atoms with E-state index in [1.54, 1.807) is 42.6 Å². The summed E-state index contributed by atoms with van der Waals surface area (Å²) in [6.45, 7) is 2.54. The molecule has 0 fully saturated rings. The SMILES string of the molecule is CCOc1ccc(/C=N/NC(=O)c2ccc3nc(-c4ccccc4O)[nH]c3c2)cc1. The van der Waals surface area contributed by atoms with Crippen LogP contribution in [0, 0.1) is 0 Å². The number of hydrazone groups is 1. The van der Waals surface area contributed by atoms with Crippen molar-refractivity contribution in [3.63, 3.8) is 0 Å². The summed E-state index contributed by atoms with van der Waals surface area (Å²) in [6, 6.07) is 19.5. The number of imidazole rings is 1. The maximum absolute atomic E-state index is 12.4. The molecule has 0 aliphatic rings. The summed E-state index contributed by atoms with van der Waals surface area (Å²) < 4.78 is 5.40. The Balaban J connectivity index is 1.47. The van der Waals surface area contributed by atoms with Crippen LogP contribution in [0.15, 0.2) is 71.8 Å². The fraction of sp³-hybridized carbons (Fsp3) is 0.0870. The van der Waals surface area contributed by atoms with Crippen LogP contribution in [-0.4, -0.2) is 33.8 Å². The number of amides is 1. The number of aromatic hydroxyl groups is 1. The predicted octanol–water partition coefficient (Wildman–Crippen LogP) is 4.10. The summed E-state index contributed by atoms with van der Waals surface area (Å²) in [7, 11) is 0. The van der Waals surface area contributed by atoms with E-state index in [9.17, 15) is 9.90 Å². The molecule has 0 aliphatic heterocycles. The molecule has 30 heavy (non-hydrogen) atoms. The Morgan fingerprint density at radius 1 is 1.17 bits per heavy atom. The summed E-state index contributed by atoms with van der Waals surface area (Å²) in [4.78, 5) is 20.1. The zero-order valence-corrected chi connectivity index (χ0v) is 16.3. The lowest BCUT2D eigenvalue weighted by molar-refractivity contribution is 0.0955. The van der Waals surface area contributed by atoms with Gasteiger partial charge in [0.1, 0.15) is 17.3 Å². The number of nitrogens with zero attached hydrogens (tertiary/aromatic N) is 2. The van der Waals surface area contributed by atoms with Crippen LogP contribution in [0.1, 0.15) is 22.8 Å². The van der Waals surface area contributed by atoms with Gasteiger partial charge >= 0.3 is 0 Å². The molecule has 0 saturated carbocycles. The molecule has 0 radical (unpaired) electrons. The summed E-state index contributed by atoms with van der Waals surface area (Å²) in [5.74, 6) is 1.12. The molecule has 3 aromatic carbocycles. The van der Waals surface area contributed by atoms with Gasteiger partial charge in [0, 0.05) is 5.56 Å². The first-order valence-electron chi connectivity index (χ1n) is 9.48. The molecular formula is C23H20N4O3. The summed E-state index contributed by atoms with van der Waals surface area (Å²) in [5, 5.41) is 14.0. The largest absolute Gasteiger partial charge is 0.507 e. The number of rotatable bonds is 6.